The van der Waals surface area contributed by atoms with E-state index in [1.807, 2.05) is 64.1 Å². The first-order valence-corrected chi connectivity index (χ1v) is 10.9. The zero-order valence-corrected chi connectivity index (χ0v) is 17.4. The Morgan fingerprint density at radius 2 is 1.67 bits per heavy atom. The molecule has 0 spiro atoms. The number of aryl methyl sites for hydroxylation is 3. The van der Waals surface area contributed by atoms with E-state index < -0.39 is 16.1 Å². The van der Waals surface area contributed by atoms with Crippen LogP contribution in [0.15, 0.2) is 42.5 Å². The Kier molecular flexibility index (Phi) is 6.65. The van der Waals surface area contributed by atoms with E-state index in [1.165, 1.54) is 4.31 Å². The van der Waals surface area contributed by atoms with Crippen molar-refractivity contribution in [1.82, 2.24) is 5.32 Å². The third-order valence-electron chi connectivity index (χ3n) is 4.66. The van der Waals surface area contributed by atoms with E-state index in [0.717, 1.165) is 28.5 Å². The molecule has 0 aromatic heterocycles. The zero-order valence-electron chi connectivity index (χ0n) is 16.6. The minimum Gasteiger partial charge on any atom is -0.350 e. The molecule has 2 aromatic rings. The van der Waals surface area contributed by atoms with Crippen LogP contribution >= 0.6 is 0 Å². The molecule has 0 saturated carbocycles. The van der Waals surface area contributed by atoms with Crippen molar-refractivity contribution in [2.45, 2.75) is 46.7 Å². The summed E-state index contributed by atoms with van der Waals surface area (Å²) < 4.78 is 26.2. The molecule has 1 N–H and O–H groups in total. The maximum absolute atomic E-state index is 12.8. The highest BCUT2D eigenvalue weighted by Gasteiger charge is 2.31. The van der Waals surface area contributed by atoms with Crippen molar-refractivity contribution in [1.29, 1.82) is 0 Å². The number of hydrogen-bond acceptors (Lipinski definition) is 3. The van der Waals surface area contributed by atoms with Gasteiger partial charge in [0.05, 0.1) is 11.9 Å². The first-order chi connectivity index (χ1) is 12.6. The predicted octanol–water partition coefficient (Wildman–Crippen LogP) is 3.47. The van der Waals surface area contributed by atoms with Crippen molar-refractivity contribution in [2.24, 2.45) is 0 Å². The number of hydrogen-bond donors (Lipinski definition) is 1. The summed E-state index contributed by atoms with van der Waals surface area (Å²) in [7, 11) is -3.62. The fourth-order valence-corrected chi connectivity index (χ4v) is 4.14. The summed E-state index contributed by atoms with van der Waals surface area (Å²) in [6.07, 6.45) is 1.51. The molecule has 6 heteroatoms. The standard InChI is InChI=1S/C21H28N2O3S/c1-6-20(21(24)22-14-18-10-7-15(2)8-11-18)23(27(5,25)26)19-12-9-16(3)17(4)13-19/h7-13,20H,6,14H2,1-5H3,(H,22,24). The molecule has 0 aliphatic carbocycles. The lowest BCUT2D eigenvalue weighted by atomic mass is 10.1. The van der Waals surface area contributed by atoms with E-state index >= 15 is 0 Å². The molecular weight excluding hydrogens is 360 g/mol. The van der Waals surface area contributed by atoms with Gasteiger partial charge in [-0.15, -0.1) is 0 Å². The Bertz CT molecular complexity index is 906. The Labute approximate surface area is 162 Å². The highest BCUT2D eigenvalue weighted by Crippen LogP contribution is 2.25. The number of amides is 1. The Hall–Kier alpha value is -2.34. The maximum Gasteiger partial charge on any atom is 0.244 e. The van der Waals surface area contributed by atoms with Gasteiger partial charge in [0.2, 0.25) is 15.9 Å². The highest BCUT2D eigenvalue weighted by atomic mass is 32.2. The normalized spacial score (nSPS) is 12.5. The molecule has 0 aliphatic rings. The average Bonchev–Trinajstić information content (AvgIpc) is 2.60. The molecule has 0 aliphatic heterocycles. The topological polar surface area (TPSA) is 66.5 Å². The summed E-state index contributed by atoms with van der Waals surface area (Å²) in [4.78, 5) is 12.8. The number of sulfonamides is 1. The monoisotopic (exact) mass is 388 g/mol. The van der Waals surface area contributed by atoms with Crippen LogP contribution in [-0.4, -0.2) is 26.6 Å². The third-order valence-corrected chi connectivity index (χ3v) is 5.84. The van der Waals surface area contributed by atoms with Crippen molar-refractivity contribution < 1.29 is 13.2 Å². The Morgan fingerprint density at radius 1 is 1.04 bits per heavy atom. The van der Waals surface area contributed by atoms with Gasteiger partial charge in [0.25, 0.3) is 0 Å². The van der Waals surface area contributed by atoms with E-state index in [4.69, 9.17) is 0 Å². The molecular formula is C21H28N2O3S. The fraction of sp³-hybridized carbons (Fsp3) is 0.381. The van der Waals surface area contributed by atoms with Gasteiger partial charge in [0.1, 0.15) is 6.04 Å². The molecule has 27 heavy (non-hydrogen) atoms. The summed E-state index contributed by atoms with van der Waals surface area (Å²) in [6, 6.07) is 12.5. The third kappa shape index (κ3) is 5.32. The largest absolute Gasteiger partial charge is 0.350 e. The molecule has 1 amide bonds. The second-order valence-electron chi connectivity index (χ2n) is 6.95. The summed E-state index contributed by atoms with van der Waals surface area (Å²) in [5.74, 6) is -0.304. The van der Waals surface area contributed by atoms with Gasteiger partial charge in [-0.05, 0) is 56.0 Å². The van der Waals surface area contributed by atoms with Crippen LogP contribution in [0.3, 0.4) is 0 Å². The summed E-state index contributed by atoms with van der Waals surface area (Å²) in [6.45, 7) is 8.08. The molecule has 0 fully saturated rings. The first kappa shape index (κ1) is 21.0. The van der Waals surface area contributed by atoms with Gasteiger partial charge in [0, 0.05) is 6.54 Å². The van der Waals surface area contributed by atoms with Crippen LogP contribution in [0, 0.1) is 20.8 Å². The second kappa shape index (κ2) is 8.57. The minimum atomic E-state index is -3.62. The number of nitrogens with one attached hydrogen (secondary N) is 1. The summed E-state index contributed by atoms with van der Waals surface area (Å²) >= 11 is 0. The number of carbonyl (C=O) groups is 1. The number of carbonyl (C=O) groups excluding carboxylic acids is 1. The molecule has 1 unspecified atom stereocenters. The molecule has 2 aromatic carbocycles. The van der Waals surface area contributed by atoms with Crippen molar-refractivity contribution in [3.05, 3.63) is 64.7 Å². The molecule has 0 heterocycles. The maximum atomic E-state index is 12.8. The van der Waals surface area contributed by atoms with Crippen LogP contribution in [0.25, 0.3) is 0 Å². The second-order valence-corrected chi connectivity index (χ2v) is 8.81. The molecule has 146 valence electrons. The lowest BCUT2D eigenvalue weighted by Crippen LogP contribution is -2.49. The summed E-state index contributed by atoms with van der Waals surface area (Å²) in [5.41, 5.74) is 4.69. The molecule has 2 rings (SSSR count). The van der Waals surface area contributed by atoms with Gasteiger partial charge in [-0.2, -0.15) is 0 Å². The lowest BCUT2D eigenvalue weighted by molar-refractivity contribution is -0.122. The van der Waals surface area contributed by atoms with Crippen LogP contribution in [0.4, 0.5) is 5.69 Å². The highest BCUT2D eigenvalue weighted by molar-refractivity contribution is 7.92. The summed E-state index contributed by atoms with van der Waals surface area (Å²) in [5, 5.41) is 2.87. The van der Waals surface area contributed by atoms with Gasteiger partial charge in [-0.3, -0.25) is 9.10 Å². The average molecular weight is 389 g/mol. The van der Waals surface area contributed by atoms with Crippen molar-refractivity contribution in [2.75, 3.05) is 10.6 Å². The Balaban J connectivity index is 2.27. The van der Waals surface area contributed by atoms with Crippen molar-refractivity contribution in [3.63, 3.8) is 0 Å². The SMILES string of the molecule is CCC(C(=O)NCc1ccc(C)cc1)N(c1ccc(C)c(C)c1)S(C)(=O)=O. The van der Waals surface area contributed by atoms with Gasteiger partial charge in [0.15, 0.2) is 0 Å². The molecule has 0 bridgehead atoms. The molecule has 1 atom stereocenters. The van der Waals surface area contributed by atoms with Crippen LogP contribution in [-0.2, 0) is 21.4 Å². The zero-order chi connectivity index (χ0) is 20.2. The Morgan fingerprint density at radius 3 is 2.19 bits per heavy atom. The van der Waals surface area contributed by atoms with E-state index in [-0.39, 0.29) is 5.91 Å². The van der Waals surface area contributed by atoms with Gasteiger partial charge < -0.3 is 5.32 Å². The number of benzene rings is 2. The van der Waals surface area contributed by atoms with Crippen LogP contribution in [0.2, 0.25) is 0 Å². The molecule has 5 nitrogen and oxygen atoms in total. The smallest absolute Gasteiger partial charge is 0.244 e. The van der Waals surface area contributed by atoms with Crippen molar-refractivity contribution in [3.8, 4) is 0 Å². The number of nitrogens with zero attached hydrogens (tertiary/aromatic N) is 1. The van der Waals surface area contributed by atoms with E-state index in [0.29, 0.717) is 18.7 Å². The predicted molar refractivity (Wildman–Crippen MR) is 110 cm³/mol. The quantitative estimate of drug-likeness (QED) is 0.790. The van der Waals surface area contributed by atoms with Gasteiger partial charge in [-0.25, -0.2) is 8.42 Å². The van der Waals surface area contributed by atoms with E-state index in [1.54, 1.807) is 6.07 Å². The number of rotatable bonds is 7. The van der Waals surface area contributed by atoms with Crippen LogP contribution in [0.1, 0.15) is 35.6 Å². The lowest BCUT2D eigenvalue weighted by Gasteiger charge is -2.30. The van der Waals surface area contributed by atoms with Crippen molar-refractivity contribution >= 4 is 21.6 Å². The minimum absolute atomic E-state index is 0.304. The van der Waals surface area contributed by atoms with Crippen LogP contribution in [0.5, 0.6) is 0 Å². The molecule has 0 radical (unpaired) electrons. The van der Waals surface area contributed by atoms with E-state index in [2.05, 4.69) is 5.32 Å². The molecule has 0 saturated heterocycles. The van der Waals surface area contributed by atoms with Crippen LogP contribution < -0.4 is 9.62 Å². The van der Waals surface area contributed by atoms with Gasteiger partial charge >= 0.3 is 0 Å². The first-order valence-electron chi connectivity index (χ1n) is 9.03. The number of anilines is 1. The van der Waals surface area contributed by atoms with Gasteiger partial charge in [-0.1, -0.05) is 42.8 Å². The fourth-order valence-electron chi connectivity index (χ4n) is 2.94. The van der Waals surface area contributed by atoms with E-state index in [9.17, 15) is 13.2 Å².